The number of benzene rings is 1. The van der Waals surface area contributed by atoms with Crippen molar-refractivity contribution in [2.45, 2.75) is 32.7 Å². The van der Waals surface area contributed by atoms with Gasteiger partial charge in [0.05, 0.1) is 0 Å². The molecule has 0 amide bonds. The van der Waals surface area contributed by atoms with Crippen LogP contribution in [0.1, 0.15) is 31.7 Å². The number of hydrogen-bond donors (Lipinski definition) is 2. The molecule has 7 heteroatoms. The Labute approximate surface area is 171 Å². The monoisotopic (exact) mass is 485 g/mol. The third-order valence-corrected chi connectivity index (χ3v) is 4.84. The zero-order chi connectivity index (χ0) is 16.7. The van der Waals surface area contributed by atoms with Crippen molar-refractivity contribution in [3.05, 3.63) is 33.8 Å². The molecular weight excluding hydrogens is 460 g/mol. The van der Waals surface area contributed by atoms with E-state index in [1.165, 1.54) is 12.8 Å². The van der Waals surface area contributed by atoms with Crippen LogP contribution < -0.4 is 10.6 Å². The minimum Gasteiger partial charge on any atom is -0.382 e. The van der Waals surface area contributed by atoms with E-state index in [-0.39, 0.29) is 24.0 Å². The first-order valence-corrected chi connectivity index (χ1v) is 8.80. The van der Waals surface area contributed by atoms with E-state index in [2.05, 4.69) is 15.6 Å². The quantitative estimate of drug-likeness (QED) is 0.247. The summed E-state index contributed by atoms with van der Waals surface area (Å²) in [5.41, 5.74) is 1.38. The second kappa shape index (κ2) is 10.7. The van der Waals surface area contributed by atoms with Crippen LogP contribution >= 0.6 is 47.2 Å². The second-order valence-electron chi connectivity index (χ2n) is 5.96. The Kier molecular flexibility index (Phi) is 9.71. The number of guanidine groups is 1. The summed E-state index contributed by atoms with van der Waals surface area (Å²) in [6, 6.07) is 5.52. The molecule has 1 aromatic rings. The highest BCUT2D eigenvalue weighted by molar-refractivity contribution is 14.0. The summed E-state index contributed by atoms with van der Waals surface area (Å²) in [5, 5.41) is 8.02. The van der Waals surface area contributed by atoms with Gasteiger partial charge in [0.25, 0.3) is 0 Å². The largest absolute Gasteiger partial charge is 0.382 e. The molecule has 0 bridgehead atoms. The van der Waals surface area contributed by atoms with Crippen LogP contribution in [0.5, 0.6) is 0 Å². The highest BCUT2D eigenvalue weighted by Crippen LogP contribution is 2.48. The van der Waals surface area contributed by atoms with E-state index in [4.69, 9.17) is 27.9 Å². The lowest BCUT2D eigenvalue weighted by molar-refractivity contribution is 0.128. The molecule has 0 atom stereocenters. The standard InChI is InChI=1S/C17H25Cl2N3O.HI/c1-3-23-9-8-17(6-7-17)12-22-16(20-2)21-11-13-4-5-14(18)10-15(13)19;/h4-5,10H,3,6-9,11-12H2,1-2H3,(H2,20,21,22);1H. The van der Waals surface area contributed by atoms with Gasteiger partial charge in [0, 0.05) is 43.4 Å². The van der Waals surface area contributed by atoms with Gasteiger partial charge in [0.15, 0.2) is 5.96 Å². The van der Waals surface area contributed by atoms with E-state index in [0.29, 0.717) is 22.0 Å². The molecule has 0 heterocycles. The Balaban J connectivity index is 0.00000288. The van der Waals surface area contributed by atoms with Crippen LogP contribution in [0.25, 0.3) is 0 Å². The summed E-state index contributed by atoms with van der Waals surface area (Å²) in [5.74, 6) is 0.790. The van der Waals surface area contributed by atoms with E-state index in [1.807, 2.05) is 19.1 Å². The summed E-state index contributed by atoms with van der Waals surface area (Å²) >= 11 is 12.1. The fourth-order valence-electron chi connectivity index (χ4n) is 2.46. The molecule has 1 aliphatic rings. The molecule has 24 heavy (non-hydrogen) atoms. The average molecular weight is 486 g/mol. The zero-order valence-corrected chi connectivity index (χ0v) is 18.0. The predicted octanol–water partition coefficient (Wildman–Crippen LogP) is 4.48. The number of nitrogens with zero attached hydrogens (tertiary/aromatic N) is 1. The molecule has 0 spiro atoms. The molecule has 0 aliphatic heterocycles. The number of halogens is 3. The molecule has 136 valence electrons. The van der Waals surface area contributed by atoms with Crippen LogP contribution in [0.2, 0.25) is 10.0 Å². The summed E-state index contributed by atoms with van der Waals surface area (Å²) in [6.45, 7) is 5.19. The normalized spacial score (nSPS) is 15.6. The van der Waals surface area contributed by atoms with Crippen LogP contribution in [0.15, 0.2) is 23.2 Å². The van der Waals surface area contributed by atoms with Gasteiger partial charge in [-0.15, -0.1) is 24.0 Å². The molecule has 1 aromatic carbocycles. The van der Waals surface area contributed by atoms with E-state index in [9.17, 15) is 0 Å². The number of nitrogens with one attached hydrogen (secondary N) is 2. The third kappa shape index (κ3) is 6.94. The molecule has 0 saturated heterocycles. The first-order chi connectivity index (χ1) is 11.1. The topological polar surface area (TPSA) is 45.6 Å². The first kappa shape index (κ1) is 21.8. The molecule has 1 fully saturated rings. The van der Waals surface area contributed by atoms with Crippen molar-refractivity contribution in [2.24, 2.45) is 10.4 Å². The molecule has 0 radical (unpaired) electrons. The Hall–Kier alpha value is -0.240. The molecule has 1 aliphatic carbocycles. The SMILES string of the molecule is CCOCCC1(CNC(=NC)NCc2ccc(Cl)cc2Cl)CC1.I. The first-order valence-electron chi connectivity index (χ1n) is 8.05. The zero-order valence-electron chi connectivity index (χ0n) is 14.2. The van der Waals surface area contributed by atoms with Crippen molar-refractivity contribution < 1.29 is 4.74 Å². The summed E-state index contributed by atoms with van der Waals surface area (Å²) < 4.78 is 5.47. The lowest BCUT2D eigenvalue weighted by Gasteiger charge is -2.18. The number of rotatable bonds is 8. The Bertz CT molecular complexity index is 551. The molecule has 2 rings (SSSR count). The van der Waals surface area contributed by atoms with Gasteiger partial charge in [-0.25, -0.2) is 0 Å². The van der Waals surface area contributed by atoms with Crippen LogP contribution in [-0.2, 0) is 11.3 Å². The second-order valence-corrected chi connectivity index (χ2v) is 6.81. The van der Waals surface area contributed by atoms with E-state index in [1.54, 1.807) is 13.1 Å². The lowest BCUT2D eigenvalue weighted by Crippen LogP contribution is -2.40. The van der Waals surface area contributed by atoms with Crippen molar-refractivity contribution in [3.8, 4) is 0 Å². The maximum Gasteiger partial charge on any atom is 0.191 e. The molecule has 4 nitrogen and oxygen atoms in total. The van der Waals surface area contributed by atoms with Crippen LogP contribution in [0.4, 0.5) is 0 Å². The molecule has 0 unspecified atom stereocenters. The summed E-state index contributed by atoms with van der Waals surface area (Å²) in [4.78, 5) is 4.27. The maximum absolute atomic E-state index is 6.19. The van der Waals surface area contributed by atoms with Crippen LogP contribution in [-0.4, -0.2) is 32.8 Å². The fourth-order valence-corrected chi connectivity index (χ4v) is 2.94. The van der Waals surface area contributed by atoms with Gasteiger partial charge >= 0.3 is 0 Å². The van der Waals surface area contributed by atoms with E-state index < -0.39 is 0 Å². The lowest BCUT2D eigenvalue weighted by atomic mass is 10.0. The Morgan fingerprint density at radius 2 is 2.04 bits per heavy atom. The van der Waals surface area contributed by atoms with Gasteiger partial charge in [-0.2, -0.15) is 0 Å². The van der Waals surface area contributed by atoms with Crippen molar-refractivity contribution in [2.75, 3.05) is 26.8 Å². The number of aliphatic imine (C=N–C) groups is 1. The average Bonchev–Trinajstić information content (AvgIpc) is 3.30. The van der Waals surface area contributed by atoms with Crippen LogP contribution in [0, 0.1) is 5.41 Å². The molecule has 2 N–H and O–H groups in total. The van der Waals surface area contributed by atoms with Gasteiger partial charge in [-0.1, -0.05) is 29.3 Å². The smallest absolute Gasteiger partial charge is 0.191 e. The van der Waals surface area contributed by atoms with Crippen molar-refractivity contribution in [1.82, 2.24) is 10.6 Å². The van der Waals surface area contributed by atoms with Gasteiger partial charge in [-0.3, -0.25) is 4.99 Å². The number of ether oxygens (including phenoxy) is 1. The van der Waals surface area contributed by atoms with E-state index >= 15 is 0 Å². The third-order valence-electron chi connectivity index (χ3n) is 4.25. The Morgan fingerprint density at radius 1 is 1.29 bits per heavy atom. The molecule has 1 saturated carbocycles. The highest BCUT2D eigenvalue weighted by atomic mass is 127. The predicted molar refractivity (Wildman–Crippen MR) is 113 cm³/mol. The number of hydrogen-bond acceptors (Lipinski definition) is 2. The molecular formula is C17H26Cl2IN3O. The van der Waals surface area contributed by atoms with Crippen molar-refractivity contribution >= 4 is 53.1 Å². The van der Waals surface area contributed by atoms with Gasteiger partial charge in [-0.05, 0) is 49.3 Å². The van der Waals surface area contributed by atoms with Gasteiger partial charge < -0.3 is 15.4 Å². The maximum atomic E-state index is 6.19. The fraction of sp³-hybridized carbons (Fsp3) is 0.588. The minimum absolute atomic E-state index is 0. The van der Waals surface area contributed by atoms with E-state index in [0.717, 1.165) is 37.7 Å². The summed E-state index contributed by atoms with van der Waals surface area (Å²) in [7, 11) is 1.78. The van der Waals surface area contributed by atoms with Crippen molar-refractivity contribution in [3.63, 3.8) is 0 Å². The van der Waals surface area contributed by atoms with Gasteiger partial charge in [0.1, 0.15) is 0 Å². The summed E-state index contributed by atoms with van der Waals surface area (Å²) in [6.07, 6.45) is 3.62. The minimum atomic E-state index is 0. The van der Waals surface area contributed by atoms with Gasteiger partial charge in [0.2, 0.25) is 0 Å². The molecule has 0 aromatic heterocycles. The highest BCUT2D eigenvalue weighted by Gasteiger charge is 2.41. The van der Waals surface area contributed by atoms with Crippen LogP contribution in [0.3, 0.4) is 0 Å². The van der Waals surface area contributed by atoms with Crippen molar-refractivity contribution in [1.29, 1.82) is 0 Å². The Morgan fingerprint density at radius 3 is 2.62 bits per heavy atom.